The van der Waals surface area contributed by atoms with Crippen LogP contribution in [0, 0.1) is 17.0 Å². The number of fused-ring (bicyclic) bond motifs is 3. The van der Waals surface area contributed by atoms with Gasteiger partial charge in [0.15, 0.2) is 5.84 Å². The molecule has 0 radical (unpaired) electrons. The summed E-state index contributed by atoms with van der Waals surface area (Å²) < 4.78 is 46.4. The number of carbonyl (C=O) groups excluding carboxylic acids is 1. The van der Waals surface area contributed by atoms with Gasteiger partial charge in [-0.05, 0) is 36.8 Å². The second-order valence-electron chi connectivity index (χ2n) is 7.95. The predicted molar refractivity (Wildman–Crippen MR) is 123 cm³/mol. The molecule has 2 aliphatic heterocycles. The van der Waals surface area contributed by atoms with Crippen LogP contribution >= 0.6 is 11.8 Å². The maximum absolute atomic E-state index is 13.2. The Morgan fingerprint density at radius 1 is 1.25 bits per heavy atom. The number of ether oxygens (including phenoxy) is 1. The number of thioether (sulfide) groups is 1. The fraction of sp³-hybridized carbons (Fsp3) is 0.227. The van der Waals surface area contributed by atoms with Crippen molar-refractivity contribution >= 4 is 34.9 Å². The Bertz CT molecular complexity index is 1500. The van der Waals surface area contributed by atoms with E-state index in [-0.39, 0.29) is 23.1 Å². The quantitative estimate of drug-likeness (QED) is 0.373. The lowest BCUT2D eigenvalue weighted by molar-refractivity contribution is -0.385. The van der Waals surface area contributed by atoms with E-state index < -0.39 is 28.0 Å². The summed E-state index contributed by atoms with van der Waals surface area (Å²) in [6.07, 6.45) is -2.21. The highest BCUT2D eigenvalue weighted by Gasteiger charge is 2.42. The molecule has 1 unspecified atom stereocenters. The minimum Gasteiger partial charge on any atom is -0.496 e. The molecule has 0 saturated carbocycles. The lowest BCUT2D eigenvalue weighted by Crippen LogP contribution is -2.29. The van der Waals surface area contributed by atoms with Crippen LogP contribution < -0.4 is 4.74 Å². The van der Waals surface area contributed by atoms with E-state index in [0.29, 0.717) is 33.7 Å². The fourth-order valence-corrected chi connectivity index (χ4v) is 5.14. The van der Waals surface area contributed by atoms with Gasteiger partial charge >= 0.3 is 11.9 Å². The molecule has 0 fully saturated rings. The van der Waals surface area contributed by atoms with Gasteiger partial charge in [0.1, 0.15) is 34.1 Å². The average Bonchev–Trinajstić information content (AvgIpc) is 3.44. The van der Waals surface area contributed by atoms with E-state index in [1.807, 2.05) is 0 Å². The van der Waals surface area contributed by atoms with Crippen molar-refractivity contribution in [2.24, 2.45) is 9.98 Å². The number of nitrogens with zero attached hydrogens (tertiary/aromatic N) is 6. The highest BCUT2D eigenvalue weighted by atomic mass is 32.2. The minimum atomic E-state index is -4.61. The molecule has 4 heterocycles. The van der Waals surface area contributed by atoms with Crippen molar-refractivity contribution in [3.05, 3.63) is 74.7 Å². The summed E-state index contributed by atoms with van der Waals surface area (Å²) in [6.45, 7) is 1.65. The molecule has 184 valence electrons. The van der Waals surface area contributed by atoms with Crippen LogP contribution in [0.15, 0.2) is 51.7 Å². The number of nitro groups is 1. The summed E-state index contributed by atoms with van der Waals surface area (Å²) in [6, 6.07) is 5.89. The lowest BCUT2D eigenvalue weighted by Gasteiger charge is -2.16. The Morgan fingerprint density at radius 3 is 2.69 bits per heavy atom. The zero-order valence-corrected chi connectivity index (χ0v) is 19.4. The zero-order valence-electron chi connectivity index (χ0n) is 18.6. The minimum absolute atomic E-state index is 0.0894. The van der Waals surface area contributed by atoms with E-state index in [1.165, 1.54) is 24.9 Å². The van der Waals surface area contributed by atoms with Gasteiger partial charge in [-0.15, -0.1) is 0 Å². The first-order valence-corrected chi connectivity index (χ1v) is 11.2. The number of hydrogen-bond donors (Lipinski definition) is 0. The maximum atomic E-state index is 13.2. The third-order valence-electron chi connectivity index (χ3n) is 5.58. The number of hydrogen-bond acceptors (Lipinski definition) is 8. The largest absolute Gasteiger partial charge is 0.496 e. The van der Waals surface area contributed by atoms with Gasteiger partial charge in [-0.25, -0.2) is 9.98 Å². The number of pyridine rings is 1. The van der Waals surface area contributed by atoms with Crippen molar-refractivity contribution in [2.75, 3.05) is 7.11 Å². The molecule has 5 rings (SSSR count). The van der Waals surface area contributed by atoms with Crippen molar-refractivity contribution in [2.45, 2.75) is 29.9 Å². The molecular weight excluding hydrogens is 501 g/mol. The molecule has 0 saturated heterocycles. The lowest BCUT2D eigenvalue weighted by atomic mass is 10.0. The third kappa shape index (κ3) is 4.12. The van der Waals surface area contributed by atoms with Crippen molar-refractivity contribution < 1.29 is 27.6 Å². The summed E-state index contributed by atoms with van der Waals surface area (Å²) in [7, 11) is 1.47. The van der Waals surface area contributed by atoms with Crippen LogP contribution in [0.5, 0.6) is 5.75 Å². The van der Waals surface area contributed by atoms with Gasteiger partial charge in [-0.1, -0.05) is 11.8 Å². The molecule has 2 aromatic heterocycles. The number of aryl methyl sites for hydroxylation is 1. The van der Waals surface area contributed by atoms with Crippen LogP contribution in [0.3, 0.4) is 0 Å². The number of halogens is 3. The number of rotatable bonds is 5. The average molecular weight is 516 g/mol. The predicted octanol–water partition coefficient (Wildman–Crippen LogP) is 3.82. The summed E-state index contributed by atoms with van der Waals surface area (Å²) >= 11 is 0.900. The second-order valence-corrected chi connectivity index (χ2v) is 9.04. The number of benzene rings is 1. The van der Waals surface area contributed by atoms with Crippen molar-refractivity contribution in [1.82, 2.24) is 14.8 Å². The topological polar surface area (TPSA) is 125 Å². The van der Waals surface area contributed by atoms with E-state index in [9.17, 15) is 28.1 Å². The van der Waals surface area contributed by atoms with Gasteiger partial charge in [0.05, 0.1) is 24.3 Å². The van der Waals surface area contributed by atoms with Crippen molar-refractivity contribution in [3.8, 4) is 5.75 Å². The van der Waals surface area contributed by atoms with Crippen molar-refractivity contribution in [3.63, 3.8) is 0 Å². The van der Waals surface area contributed by atoms with Crippen LogP contribution in [0.1, 0.15) is 27.9 Å². The summed E-state index contributed by atoms with van der Waals surface area (Å²) in [4.78, 5) is 35.6. The monoisotopic (exact) mass is 516 g/mol. The number of alkyl halides is 3. The smallest absolute Gasteiger partial charge is 0.433 e. The van der Waals surface area contributed by atoms with Gasteiger partial charge in [0.25, 0.3) is 5.91 Å². The molecule has 0 aliphatic carbocycles. The number of carbonyl (C=O) groups is 1. The Balaban J connectivity index is 1.53. The van der Waals surface area contributed by atoms with E-state index in [0.717, 1.165) is 24.0 Å². The van der Waals surface area contributed by atoms with Crippen LogP contribution in [-0.2, 0) is 17.5 Å². The van der Waals surface area contributed by atoms with E-state index >= 15 is 0 Å². The third-order valence-corrected chi connectivity index (χ3v) is 6.76. The molecule has 2 aliphatic rings. The molecule has 1 aromatic carbocycles. The number of methoxy groups -OCH3 is 1. The van der Waals surface area contributed by atoms with Gasteiger partial charge in [-0.3, -0.25) is 19.6 Å². The fourth-order valence-electron chi connectivity index (χ4n) is 3.95. The Kier molecular flexibility index (Phi) is 5.62. The first kappa shape index (κ1) is 23.7. The second kappa shape index (κ2) is 8.55. The summed E-state index contributed by atoms with van der Waals surface area (Å²) in [5.41, 5.74) is 0.880. The maximum Gasteiger partial charge on any atom is 0.433 e. The molecule has 3 aromatic rings. The molecule has 10 nitrogen and oxygen atoms in total. The molecule has 0 bridgehead atoms. The normalized spacial score (nSPS) is 16.8. The molecule has 0 spiro atoms. The van der Waals surface area contributed by atoms with Gasteiger partial charge in [0, 0.05) is 16.7 Å². The van der Waals surface area contributed by atoms with Crippen LogP contribution in [0.4, 0.5) is 18.9 Å². The zero-order chi connectivity index (χ0) is 25.8. The SMILES string of the molecule is COc1ccc(C2=NC(=O)C3Sc4nc(C(F)(F)F)cc(C)c4C3=N2)cc1Cn1cc([N+](=O)[O-])cn1. The number of aromatic nitrogens is 3. The van der Waals surface area contributed by atoms with Gasteiger partial charge < -0.3 is 4.74 Å². The highest BCUT2D eigenvalue weighted by Crippen LogP contribution is 2.42. The molecule has 36 heavy (non-hydrogen) atoms. The molecule has 1 atom stereocenters. The number of amidine groups is 1. The summed E-state index contributed by atoms with van der Waals surface area (Å²) in [5, 5.41) is 14.2. The van der Waals surface area contributed by atoms with Gasteiger partial charge in [-0.2, -0.15) is 23.3 Å². The van der Waals surface area contributed by atoms with Crippen LogP contribution in [-0.4, -0.2) is 49.5 Å². The van der Waals surface area contributed by atoms with E-state index in [2.05, 4.69) is 20.1 Å². The van der Waals surface area contributed by atoms with Crippen molar-refractivity contribution in [1.29, 1.82) is 0 Å². The Hall–Kier alpha value is -4.07. The highest BCUT2D eigenvalue weighted by molar-refractivity contribution is 8.02. The standard InChI is InChI=1S/C22H15F3N6O4S/c1-10-5-15(22(23,24)25)27-21-16(10)17-18(36-21)20(32)29-19(28-17)11-3-4-14(35-2)12(6-11)8-30-9-13(7-26-30)31(33)34/h3-7,9,18H,8H2,1-2H3. The Labute approximate surface area is 205 Å². The van der Waals surface area contributed by atoms with E-state index in [4.69, 9.17) is 4.74 Å². The summed E-state index contributed by atoms with van der Waals surface area (Å²) in [5.74, 6) is 0.0204. The number of aliphatic imine (C=N–C) groups is 2. The molecular formula is C22H15F3N6O4S. The molecule has 14 heteroatoms. The van der Waals surface area contributed by atoms with Crippen LogP contribution in [0.2, 0.25) is 0 Å². The number of amides is 1. The molecule has 0 N–H and O–H groups in total. The first-order valence-electron chi connectivity index (χ1n) is 10.4. The molecule has 1 amide bonds. The Morgan fingerprint density at radius 2 is 2.03 bits per heavy atom. The van der Waals surface area contributed by atoms with E-state index in [1.54, 1.807) is 18.2 Å². The first-order chi connectivity index (χ1) is 17.0. The van der Waals surface area contributed by atoms with Crippen LogP contribution in [0.25, 0.3) is 0 Å². The van der Waals surface area contributed by atoms with Gasteiger partial charge in [0.2, 0.25) is 0 Å².